The van der Waals surface area contributed by atoms with E-state index in [9.17, 15) is 0 Å². The molecule has 0 N–H and O–H groups in total. The molecule has 4 aromatic carbocycles. The Bertz CT molecular complexity index is 1450. The second-order valence-corrected chi connectivity index (χ2v) is 28.1. The normalized spacial score (nSPS) is 20.6. The fourth-order valence-electron chi connectivity index (χ4n) is 8.08. The monoisotopic (exact) mass is 708 g/mol. The van der Waals surface area contributed by atoms with Gasteiger partial charge in [-0.1, -0.05) is 0 Å². The Morgan fingerprint density at radius 2 is 1.05 bits per heavy atom. The van der Waals surface area contributed by atoms with Crippen molar-refractivity contribution in [3.63, 3.8) is 0 Å². The van der Waals surface area contributed by atoms with Crippen LogP contribution in [-0.4, -0.2) is 0 Å². The van der Waals surface area contributed by atoms with Crippen molar-refractivity contribution >= 4 is 58.5 Å². The Labute approximate surface area is 244 Å². The van der Waals surface area contributed by atoms with Gasteiger partial charge in [0.1, 0.15) is 0 Å². The van der Waals surface area contributed by atoms with E-state index in [1.165, 1.54) is 53.6 Å². The summed E-state index contributed by atoms with van der Waals surface area (Å²) < 4.78 is 4.63. The Hall–Kier alpha value is -1.67. The van der Waals surface area contributed by atoms with Crippen LogP contribution in [0.15, 0.2) is 83.9 Å². The second kappa shape index (κ2) is 11.1. The van der Waals surface area contributed by atoms with E-state index < -0.39 is 20.0 Å². The predicted molar refractivity (Wildman–Crippen MR) is 168 cm³/mol. The molecule has 0 saturated carbocycles. The Kier molecular flexibility index (Phi) is 8.12. The van der Waals surface area contributed by atoms with Gasteiger partial charge in [0.15, 0.2) is 0 Å². The van der Waals surface area contributed by atoms with Crippen LogP contribution in [0.4, 0.5) is 0 Å². The molecule has 2 aliphatic carbocycles. The number of hydrogen-bond acceptors (Lipinski definition) is 0. The molecule has 1 heterocycles. The Morgan fingerprint density at radius 1 is 0.605 bits per heavy atom. The third-order valence-corrected chi connectivity index (χ3v) is 31.9. The minimum atomic E-state index is -2.88. The zero-order valence-corrected chi connectivity index (χ0v) is 27.7. The zero-order chi connectivity index (χ0) is 24.3. The van der Waals surface area contributed by atoms with Crippen LogP contribution in [-0.2, 0) is 20.0 Å². The molecule has 0 radical (unpaired) electrons. The van der Waals surface area contributed by atoms with E-state index in [1.807, 2.05) is 0 Å². The quantitative estimate of drug-likeness (QED) is 0.175. The maximum Gasteiger partial charge on any atom is -0.147 e. The zero-order valence-electron chi connectivity index (χ0n) is 22.5. The first-order valence-corrected chi connectivity index (χ1v) is 23.4. The minimum Gasteiger partial charge on any atom is -0.147 e. The van der Waals surface area contributed by atoms with Crippen LogP contribution in [0.25, 0.3) is 33.7 Å². The van der Waals surface area contributed by atoms with Crippen LogP contribution in [0.5, 0.6) is 0 Å². The molecule has 7 rings (SSSR count). The number of hydrogen-bond donors (Lipinski definition) is 0. The van der Waals surface area contributed by atoms with Crippen molar-refractivity contribution in [3.8, 4) is 0 Å². The number of halogens is 2. The fraction of sp³-hybridized carbons (Fsp3) is 0.314. The fourth-order valence-corrected chi connectivity index (χ4v) is 30.8. The van der Waals surface area contributed by atoms with Crippen LogP contribution in [0.2, 0.25) is 8.35 Å². The molecule has 196 valence electrons. The summed E-state index contributed by atoms with van der Waals surface area (Å²) >= 11 is -2.88. The molecular formula is C35H38Cl2Hf. The second-order valence-electron chi connectivity index (χ2n) is 11.5. The van der Waals surface area contributed by atoms with Gasteiger partial charge in [-0.3, -0.25) is 0 Å². The van der Waals surface area contributed by atoms with Crippen molar-refractivity contribution in [2.24, 2.45) is 0 Å². The molecule has 0 bridgehead atoms. The first-order valence-electron chi connectivity index (χ1n) is 14.2. The third-order valence-electron chi connectivity index (χ3n) is 9.54. The van der Waals surface area contributed by atoms with E-state index in [-0.39, 0.29) is 24.8 Å². The van der Waals surface area contributed by atoms with Crippen LogP contribution < -0.4 is 0 Å². The van der Waals surface area contributed by atoms with E-state index in [4.69, 9.17) is 0 Å². The van der Waals surface area contributed by atoms with Crippen molar-refractivity contribution in [1.82, 2.24) is 0 Å². The van der Waals surface area contributed by atoms with E-state index in [1.54, 1.807) is 41.8 Å². The van der Waals surface area contributed by atoms with Crippen LogP contribution >= 0.6 is 24.8 Å². The summed E-state index contributed by atoms with van der Waals surface area (Å²) in [4.78, 5) is 0. The summed E-state index contributed by atoms with van der Waals surface area (Å²) in [5.74, 6) is 0. The topological polar surface area (TPSA) is 0 Å². The van der Waals surface area contributed by atoms with Gasteiger partial charge < -0.3 is 0 Å². The molecule has 4 aromatic rings. The van der Waals surface area contributed by atoms with Gasteiger partial charge in [-0.15, -0.1) is 24.8 Å². The number of allylic oxidation sites excluding steroid dienone is 2. The largest absolute Gasteiger partial charge is 0.147 e. The molecule has 3 aliphatic rings. The number of fused-ring (bicyclic) bond motifs is 6. The minimum absolute atomic E-state index is 0. The van der Waals surface area contributed by atoms with Gasteiger partial charge in [-0.05, 0) is 0 Å². The number of rotatable bonds is 6. The van der Waals surface area contributed by atoms with Crippen molar-refractivity contribution in [3.05, 3.63) is 106 Å². The van der Waals surface area contributed by atoms with Gasteiger partial charge in [0, 0.05) is 0 Å². The maximum atomic E-state index is 2.66. The predicted octanol–water partition coefficient (Wildman–Crippen LogP) is 11.4. The SMILES string of the molecule is CCCC1=Cc2c(ccc3ccccc23)[CH]1[Hf]1([CH]2C(CCC)=Cc3c2ccc2ccccc32)[CH2]C[CH2]1.Cl.Cl. The van der Waals surface area contributed by atoms with Gasteiger partial charge in [0.25, 0.3) is 0 Å². The Morgan fingerprint density at radius 3 is 1.45 bits per heavy atom. The molecule has 0 nitrogen and oxygen atoms in total. The molecular weight excluding hydrogens is 670 g/mol. The summed E-state index contributed by atoms with van der Waals surface area (Å²) in [6, 6.07) is 28.1. The molecule has 38 heavy (non-hydrogen) atoms. The summed E-state index contributed by atoms with van der Waals surface area (Å²) in [5, 5.41) is 5.73. The van der Waals surface area contributed by atoms with E-state index in [2.05, 4.69) is 98.8 Å². The third kappa shape index (κ3) is 4.11. The van der Waals surface area contributed by atoms with Gasteiger partial charge in [0.05, 0.1) is 0 Å². The van der Waals surface area contributed by atoms with E-state index >= 15 is 0 Å². The van der Waals surface area contributed by atoms with Crippen LogP contribution in [0.3, 0.4) is 0 Å². The van der Waals surface area contributed by atoms with Crippen molar-refractivity contribution in [2.75, 3.05) is 0 Å². The first-order chi connectivity index (χ1) is 17.7. The molecule has 1 aliphatic heterocycles. The molecule has 0 aromatic heterocycles. The van der Waals surface area contributed by atoms with Crippen molar-refractivity contribution < 1.29 is 20.0 Å². The van der Waals surface area contributed by atoms with Gasteiger partial charge in [0.2, 0.25) is 0 Å². The molecule has 0 amide bonds. The summed E-state index contributed by atoms with van der Waals surface area (Å²) in [5.41, 5.74) is 10.1. The van der Waals surface area contributed by atoms with Crippen LogP contribution in [0.1, 0.15) is 75.6 Å². The standard InChI is InChI=1S/2C16H15.C3H6.2ClH.Hf/c2*1-2-5-12-10-14-9-8-13-6-3-4-7-15(13)16(14)11-12;1-3-2;;;/h2*3-4,6-11H,2,5H2,1H3;1-3H2;2*1H;. The first kappa shape index (κ1) is 27.9. The van der Waals surface area contributed by atoms with Crippen molar-refractivity contribution in [2.45, 2.75) is 61.7 Å². The van der Waals surface area contributed by atoms with Gasteiger partial charge in [-0.2, -0.15) is 0 Å². The maximum absolute atomic E-state index is 2.88. The smallest absolute Gasteiger partial charge is 0.147 e. The number of benzene rings is 4. The molecule has 0 spiro atoms. The molecule has 1 fully saturated rings. The molecule has 3 heteroatoms. The van der Waals surface area contributed by atoms with Gasteiger partial charge in [-0.25, -0.2) is 0 Å². The van der Waals surface area contributed by atoms with Gasteiger partial charge >= 0.3 is 222 Å². The Balaban J connectivity index is 0.00000147. The molecule has 1 saturated heterocycles. The van der Waals surface area contributed by atoms with Crippen LogP contribution in [0, 0.1) is 0 Å². The average molecular weight is 708 g/mol. The summed E-state index contributed by atoms with van der Waals surface area (Å²) in [6.07, 6.45) is 11.8. The summed E-state index contributed by atoms with van der Waals surface area (Å²) in [7, 11) is 0. The summed E-state index contributed by atoms with van der Waals surface area (Å²) in [6.45, 7) is 4.76. The molecule has 2 unspecified atom stereocenters. The van der Waals surface area contributed by atoms with E-state index in [0.717, 1.165) is 7.35 Å². The van der Waals surface area contributed by atoms with E-state index in [0.29, 0.717) is 0 Å². The average Bonchev–Trinajstić information content (AvgIpc) is 3.44. The van der Waals surface area contributed by atoms with Crippen molar-refractivity contribution in [1.29, 1.82) is 0 Å². The molecule has 2 atom stereocenters.